The average Bonchev–Trinajstić information content (AvgIpc) is 2.31. The van der Waals surface area contributed by atoms with Crippen molar-refractivity contribution in [3.63, 3.8) is 0 Å². The Morgan fingerprint density at radius 1 is 1.45 bits per heavy atom. The molecule has 0 aromatic heterocycles. The number of nitrogens with one attached hydrogen (secondary N) is 1. The summed E-state index contributed by atoms with van der Waals surface area (Å²) >= 11 is 2.88. The molecule has 0 radical (unpaired) electrons. The molecule has 1 rings (SSSR count). The molecule has 0 spiro atoms. The van der Waals surface area contributed by atoms with Crippen LogP contribution in [0.5, 0.6) is 0 Å². The molecule has 1 aromatic carbocycles. The Hall–Kier alpha value is -1.19. The number of amides is 1. The third-order valence-electron chi connectivity index (χ3n) is 2.68. The lowest BCUT2D eigenvalue weighted by Gasteiger charge is -2.21. The first-order valence-corrected chi connectivity index (χ1v) is 7.79. The van der Waals surface area contributed by atoms with Crippen LogP contribution < -0.4 is 16.2 Å². The Labute approximate surface area is 124 Å². The van der Waals surface area contributed by atoms with E-state index < -0.39 is 32.1 Å². The van der Waals surface area contributed by atoms with Crippen molar-refractivity contribution in [2.24, 2.45) is 11.1 Å². The van der Waals surface area contributed by atoms with E-state index in [-0.39, 0.29) is 16.7 Å². The topological polar surface area (TPSA) is 115 Å². The predicted octanol–water partition coefficient (Wildman–Crippen LogP) is 0.960. The standard InChI is InChI=1S/C11H15BrFN3O3S/c1-11(2,10(15)17)5-16-20(18,19)8-4-6(14)3-7(12)9(8)13/h3-4,16H,5,14H2,1-2H3,(H2,15,17). The van der Waals surface area contributed by atoms with Crippen molar-refractivity contribution in [3.05, 3.63) is 22.4 Å². The van der Waals surface area contributed by atoms with Crippen molar-refractivity contribution in [1.82, 2.24) is 4.72 Å². The number of hydrogen-bond donors (Lipinski definition) is 3. The summed E-state index contributed by atoms with van der Waals surface area (Å²) in [4.78, 5) is 10.5. The van der Waals surface area contributed by atoms with E-state index in [2.05, 4.69) is 20.7 Å². The van der Waals surface area contributed by atoms with Gasteiger partial charge in [-0.3, -0.25) is 4.79 Å². The fraction of sp³-hybridized carbons (Fsp3) is 0.364. The second-order valence-corrected chi connectivity index (χ2v) is 7.48. The van der Waals surface area contributed by atoms with Crippen LogP contribution >= 0.6 is 15.9 Å². The van der Waals surface area contributed by atoms with E-state index in [1.807, 2.05) is 0 Å². The van der Waals surface area contributed by atoms with Gasteiger partial charge >= 0.3 is 0 Å². The molecule has 0 saturated heterocycles. The Morgan fingerprint density at radius 3 is 2.50 bits per heavy atom. The van der Waals surface area contributed by atoms with E-state index in [1.54, 1.807) is 0 Å². The van der Waals surface area contributed by atoms with Gasteiger partial charge in [-0.25, -0.2) is 17.5 Å². The average molecular weight is 368 g/mol. The number of sulfonamides is 1. The van der Waals surface area contributed by atoms with Crippen LogP contribution in [0.15, 0.2) is 21.5 Å². The Morgan fingerprint density at radius 2 is 2.00 bits per heavy atom. The summed E-state index contributed by atoms with van der Waals surface area (Å²) in [6, 6.07) is 2.25. The van der Waals surface area contributed by atoms with Gasteiger partial charge in [-0.2, -0.15) is 0 Å². The number of anilines is 1. The summed E-state index contributed by atoms with van der Waals surface area (Å²) in [6.07, 6.45) is 0. The van der Waals surface area contributed by atoms with E-state index in [0.717, 1.165) is 6.07 Å². The first kappa shape index (κ1) is 16.9. The maximum Gasteiger partial charge on any atom is 0.243 e. The van der Waals surface area contributed by atoms with Crippen molar-refractivity contribution >= 4 is 37.5 Å². The van der Waals surface area contributed by atoms with Gasteiger partial charge in [0.05, 0.1) is 9.89 Å². The molecule has 0 aliphatic carbocycles. The third kappa shape index (κ3) is 3.68. The lowest BCUT2D eigenvalue weighted by atomic mass is 9.93. The zero-order valence-corrected chi connectivity index (χ0v) is 13.3. The number of primary amides is 1. The zero-order valence-electron chi connectivity index (χ0n) is 10.9. The quantitative estimate of drug-likeness (QED) is 0.672. The summed E-state index contributed by atoms with van der Waals surface area (Å²) in [5.74, 6) is -1.63. The lowest BCUT2D eigenvalue weighted by Crippen LogP contribution is -2.42. The van der Waals surface area contributed by atoms with Gasteiger partial charge in [-0.1, -0.05) is 0 Å². The number of carbonyl (C=O) groups is 1. The van der Waals surface area contributed by atoms with Gasteiger partial charge in [0, 0.05) is 12.2 Å². The molecular weight excluding hydrogens is 353 g/mol. The molecule has 5 N–H and O–H groups in total. The highest BCUT2D eigenvalue weighted by Gasteiger charge is 2.29. The Bertz CT molecular complexity index is 647. The Kier molecular flexibility index (Phi) is 4.78. The van der Waals surface area contributed by atoms with Crippen LogP contribution in [0.3, 0.4) is 0 Å². The lowest BCUT2D eigenvalue weighted by molar-refractivity contribution is -0.125. The van der Waals surface area contributed by atoms with Crippen molar-refractivity contribution in [2.45, 2.75) is 18.7 Å². The van der Waals surface area contributed by atoms with Crippen LogP contribution in [0.25, 0.3) is 0 Å². The van der Waals surface area contributed by atoms with Gasteiger partial charge in [0.15, 0.2) is 5.82 Å². The maximum atomic E-state index is 13.8. The van der Waals surface area contributed by atoms with E-state index in [9.17, 15) is 17.6 Å². The molecule has 0 aliphatic heterocycles. The number of carbonyl (C=O) groups excluding carboxylic acids is 1. The highest BCUT2D eigenvalue weighted by atomic mass is 79.9. The summed E-state index contributed by atoms with van der Waals surface area (Å²) < 4.78 is 40.0. The molecular formula is C11H15BrFN3O3S. The van der Waals surface area contributed by atoms with Gasteiger partial charge in [0.25, 0.3) is 0 Å². The molecule has 20 heavy (non-hydrogen) atoms. The SMILES string of the molecule is CC(C)(CNS(=O)(=O)c1cc(N)cc(Br)c1F)C(N)=O. The van der Waals surface area contributed by atoms with Gasteiger partial charge in [-0.05, 0) is 41.9 Å². The zero-order chi connectivity index (χ0) is 15.7. The highest BCUT2D eigenvalue weighted by Crippen LogP contribution is 2.26. The number of benzene rings is 1. The molecule has 9 heteroatoms. The van der Waals surface area contributed by atoms with Crippen LogP contribution in [0.1, 0.15) is 13.8 Å². The van der Waals surface area contributed by atoms with Gasteiger partial charge in [-0.15, -0.1) is 0 Å². The van der Waals surface area contributed by atoms with Crippen LogP contribution in [0.4, 0.5) is 10.1 Å². The molecule has 0 atom stereocenters. The molecule has 6 nitrogen and oxygen atoms in total. The molecule has 112 valence electrons. The summed E-state index contributed by atoms with van der Waals surface area (Å²) in [5.41, 5.74) is 9.63. The van der Waals surface area contributed by atoms with Gasteiger partial charge in [0.1, 0.15) is 4.90 Å². The Balaban J connectivity index is 3.10. The number of rotatable bonds is 5. The number of halogens is 2. The number of nitrogens with two attached hydrogens (primary N) is 2. The second-order valence-electron chi connectivity index (χ2n) is 4.89. The summed E-state index contributed by atoms with van der Waals surface area (Å²) in [6.45, 7) is 2.70. The molecule has 0 unspecified atom stereocenters. The van der Waals surface area contributed by atoms with Crippen molar-refractivity contribution in [3.8, 4) is 0 Å². The van der Waals surface area contributed by atoms with Crippen molar-refractivity contribution in [1.29, 1.82) is 0 Å². The maximum absolute atomic E-state index is 13.8. The van der Waals surface area contributed by atoms with Gasteiger partial charge < -0.3 is 11.5 Å². The van der Waals surface area contributed by atoms with E-state index in [1.165, 1.54) is 19.9 Å². The summed E-state index contributed by atoms with van der Waals surface area (Å²) in [7, 11) is -4.15. The van der Waals surface area contributed by atoms with Crippen LogP contribution in [0.2, 0.25) is 0 Å². The van der Waals surface area contributed by atoms with E-state index in [0.29, 0.717) is 0 Å². The fourth-order valence-electron chi connectivity index (χ4n) is 1.22. The van der Waals surface area contributed by atoms with Crippen molar-refractivity contribution < 1.29 is 17.6 Å². The molecule has 0 saturated carbocycles. The smallest absolute Gasteiger partial charge is 0.243 e. The normalized spacial score (nSPS) is 12.4. The highest BCUT2D eigenvalue weighted by molar-refractivity contribution is 9.10. The second kappa shape index (κ2) is 5.66. The molecule has 1 amide bonds. The fourth-order valence-corrected chi connectivity index (χ4v) is 3.17. The molecule has 0 aliphatic rings. The van der Waals surface area contributed by atoms with Crippen molar-refractivity contribution in [2.75, 3.05) is 12.3 Å². The van der Waals surface area contributed by atoms with E-state index >= 15 is 0 Å². The largest absolute Gasteiger partial charge is 0.399 e. The first-order chi connectivity index (χ1) is 8.97. The molecule has 0 bridgehead atoms. The van der Waals surface area contributed by atoms with Crippen LogP contribution in [-0.4, -0.2) is 20.9 Å². The van der Waals surface area contributed by atoms with Gasteiger partial charge in [0.2, 0.25) is 15.9 Å². The molecule has 0 fully saturated rings. The third-order valence-corrected chi connectivity index (χ3v) is 4.66. The first-order valence-electron chi connectivity index (χ1n) is 5.51. The minimum atomic E-state index is -4.15. The number of nitrogen functional groups attached to an aromatic ring is 1. The predicted molar refractivity (Wildman–Crippen MR) is 76.7 cm³/mol. The van der Waals surface area contributed by atoms with Crippen LogP contribution in [-0.2, 0) is 14.8 Å². The monoisotopic (exact) mass is 367 g/mol. The van der Waals surface area contributed by atoms with Crippen LogP contribution in [0, 0.1) is 11.2 Å². The minimum Gasteiger partial charge on any atom is -0.399 e. The summed E-state index contributed by atoms with van der Waals surface area (Å²) in [5, 5.41) is 0. The van der Waals surface area contributed by atoms with E-state index in [4.69, 9.17) is 11.5 Å². The molecule has 0 heterocycles. The minimum absolute atomic E-state index is 0.0629. The molecule has 1 aromatic rings. The number of hydrogen-bond acceptors (Lipinski definition) is 4.